The van der Waals surface area contributed by atoms with Gasteiger partial charge in [-0.05, 0) is 45.9 Å². The third-order valence-corrected chi connectivity index (χ3v) is 4.39. The Hall–Kier alpha value is -1.20. The number of aromatic amines is 1. The molecule has 2 heterocycles. The molecular weight excluding hydrogens is 246 g/mol. The summed E-state index contributed by atoms with van der Waals surface area (Å²) in [5, 5.41) is 0. The van der Waals surface area contributed by atoms with Crippen LogP contribution in [0.4, 0.5) is 0 Å². The fraction of sp³-hybridized carbons (Fsp3) is 0.462. The molecule has 2 aromatic rings. The van der Waals surface area contributed by atoms with Crippen LogP contribution >= 0.6 is 0 Å². The maximum Gasteiger partial charge on any atom is 0.0976 e. The third-order valence-electron chi connectivity index (χ3n) is 2.71. The number of H-pyrrole nitrogens is 1. The minimum atomic E-state index is -1.09. The average Bonchev–Trinajstić information content (AvgIpc) is 2.74. The van der Waals surface area contributed by atoms with Crippen LogP contribution in [0.15, 0.2) is 24.4 Å². The van der Waals surface area contributed by atoms with E-state index in [4.69, 9.17) is 0 Å². The maximum atomic E-state index is 12.0. The highest BCUT2D eigenvalue weighted by molar-refractivity contribution is 7.84. The second kappa shape index (κ2) is 4.82. The second-order valence-electron chi connectivity index (χ2n) is 5.37. The van der Waals surface area contributed by atoms with Gasteiger partial charge in [0.1, 0.15) is 0 Å². The lowest BCUT2D eigenvalue weighted by Crippen LogP contribution is -2.35. The van der Waals surface area contributed by atoms with E-state index in [2.05, 4.69) is 14.7 Å². The van der Waals surface area contributed by atoms with Crippen LogP contribution in [0.25, 0.3) is 11.0 Å². The Kier molecular flexibility index (Phi) is 3.54. The van der Waals surface area contributed by atoms with Crippen molar-refractivity contribution in [2.45, 2.75) is 38.5 Å². The van der Waals surface area contributed by atoms with Crippen molar-refractivity contribution in [1.29, 1.82) is 0 Å². The first kappa shape index (κ1) is 13.2. The smallest absolute Gasteiger partial charge is 0.0976 e. The van der Waals surface area contributed by atoms with Gasteiger partial charge in [0.2, 0.25) is 0 Å². The van der Waals surface area contributed by atoms with Gasteiger partial charge in [0.05, 0.1) is 38.5 Å². The zero-order chi connectivity index (χ0) is 13.3. The third kappa shape index (κ3) is 2.79. The molecule has 98 valence electrons. The molecule has 0 saturated heterocycles. The SMILES string of the molecule is C[C@H](NS(=O)C(C)(C)C)c1ccc2[nH]ccc2n1. The highest BCUT2D eigenvalue weighted by Crippen LogP contribution is 2.18. The molecule has 0 fully saturated rings. The Balaban J connectivity index is 2.18. The van der Waals surface area contributed by atoms with Crippen molar-refractivity contribution in [3.8, 4) is 0 Å². The lowest BCUT2D eigenvalue weighted by Gasteiger charge is -2.21. The Morgan fingerprint density at radius 3 is 2.72 bits per heavy atom. The first-order chi connectivity index (χ1) is 8.38. The van der Waals surface area contributed by atoms with Gasteiger partial charge in [0.15, 0.2) is 0 Å². The highest BCUT2D eigenvalue weighted by atomic mass is 32.2. The van der Waals surface area contributed by atoms with E-state index >= 15 is 0 Å². The molecule has 4 nitrogen and oxygen atoms in total. The summed E-state index contributed by atoms with van der Waals surface area (Å²) in [6, 6.07) is 5.85. The van der Waals surface area contributed by atoms with Gasteiger partial charge in [-0.2, -0.15) is 0 Å². The summed E-state index contributed by atoms with van der Waals surface area (Å²) in [5.74, 6) is 0. The van der Waals surface area contributed by atoms with Crippen molar-refractivity contribution in [2.24, 2.45) is 0 Å². The molecule has 5 heteroatoms. The quantitative estimate of drug-likeness (QED) is 0.896. The Labute approximate surface area is 110 Å². The van der Waals surface area contributed by atoms with Crippen LogP contribution < -0.4 is 4.72 Å². The molecule has 2 rings (SSSR count). The minimum absolute atomic E-state index is 0.0376. The van der Waals surface area contributed by atoms with Crippen molar-refractivity contribution < 1.29 is 4.21 Å². The molecule has 2 N–H and O–H groups in total. The van der Waals surface area contributed by atoms with E-state index in [9.17, 15) is 4.21 Å². The Morgan fingerprint density at radius 1 is 1.33 bits per heavy atom. The summed E-state index contributed by atoms with van der Waals surface area (Å²) in [7, 11) is -1.09. The molecule has 0 spiro atoms. The molecule has 2 aromatic heterocycles. The summed E-state index contributed by atoms with van der Waals surface area (Å²) in [6.45, 7) is 7.83. The van der Waals surface area contributed by atoms with E-state index in [1.165, 1.54) is 0 Å². The van der Waals surface area contributed by atoms with Gasteiger partial charge in [-0.15, -0.1) is 0 Å². The van der Waals surface area contributed by atoms with Crippen LogP contribution in [0, 0.1) is 0 Å². The van der Waals surface area contributed by atoms with E-state index in [1.807, 2.05) is 52.1 Å². The molecule has 0 aliphatic rings. The predicted molar refractivity (Wildman–Crippen MR) is 75.5 cm³/mol. The lowest BCUT2D eigenvalue weighted by atomic mass is 10.2. The zero-order valence-electron chi connectivity index (χ0n) is 11.2. The molecule has 0 aromatic carbocycles. The number of rotatable bonds is 3. The molecule has 0 bridgehead atoms. The summed E-state index contributed by atoms with van der Waals surface area (Å²) in [6.07, 6.45) is 1.87. The topological polar surface area (TPSA) is 57.8 Å². The largest absolute Gasteiger partial charge is 0.360 e. The van der Waals surface area contributed by atoms with Crippen LogP contribution in [-0.2, 0) is 11.0 Å². The van der Waals surface area contributed by atoms with E-state index < -0.39 is 11.0 Å². The van der Waals surface area contributed by atoms with Crippen molar-refractivity contribution in [1.82, 2.24) is 14.7 Å². The van der Waals surface area contributed by atoms with Gasteiger partial charge in [-0.25, -0.2) is 13.9 Å². The molecule has 0 saturated carbocycles. The van der Waals surface area contributed by atoms with Crippen LogP contribution in [0.5, 0.6) is 0 Å². The first-order valence-electron chi connectivity index (χ1n) is 6.00. The molecule has 18 heavy (non-hydrogen) atoms. The van der Waals surface area contributed by atoms with Gasteiger partial charge < -0.3 is 4.98 Å². The predicted octanol–water partition coefficient (Wildman–Crippen LogP) is 2.68. The second-order valence-corrected chi connectivity index (χ2v) is 7.37. The highest BCUT2D eigenvalue weighted by Gasteiger charge is 2.22. The molecule has 2 atom stereocenters. The number of nitrogens with one attached hydrogen (secondary N) is 2. The van der Waals surface area contributed by atoms with Crippen LogP contribution in [0.2, 0.25) is 0 Å². The van der Waals surface area contributed by atoms with Gasteiger partial charge in [-0.3, -0.25) is 0 Å². The van der Waals surface area contributed by atoms with E-state index in [0.717, 1.165) is 16.7 Å². The van der Waals surface area contributed by atoms with E-state index in [1.54, 1.807) is 0 Å². The van der Waals surface area contributed by atoms with E-state index in [0.29, 0.717) is 0 Å². The van der Waals surface area contributed by atoms with Crippen molar-refractivity contribution in [3.05, 3.63) is 30.1 Å². The standard InChI is InChI=1S/C13H19N3OS/c1-9(16-18(17)13(2,3)4)10-5-6-11-12(15-10)7-8-14-11/h5-9,14,16H,1-4H3/t9-,18?/m0/s1. The van der Waals surface area contributed by atoms with Crippen LogP contribution in [-0.4, -0.2) is 18.9 Å². The summed E-state index contributed by atoms with van der Waals surface area (Å²) < 4.78 is 14.8. The number of fused-ring (bicyclic) bond motifs is 1. The van der Waals surface area contributed by atoms with Gasteiger partial charge in [-0.1, -0.05) is 0 Å². The molecule has 0 amide bonds. The molecule has 0 radical (unpaired) electrons. The monoisotopic (exact) mass is 265 g/mol. The fourth-order valence-electron chi connectivity index (χ4n) is 1.59. The molecule has 0 aliphatic carbocycles. The average molecular weight is 265 g/mol. The summed E-state index contributed by atoms with van der Waals surface area (Å²) in [5.41, 5.74) is 2.85. The minimum Gasteiger partial charge on any atom is -0.360 e. The Morgan fingerprint density at radius 2 is 2.06 bits per heavy atom. The zero-order valence-corrected chi connectivity index (χ0v) is 12.0. The van der Waals surface area contributed by atoms with Gasteiger partial charge in [0.25, 0.3) is 0 Å². The number of pyridine rings is 1. The number of aromatic nitrogens is 2. The van der Waals surface area contributed by atoms with Gasteiger partial charge >= 0.3 is 0 Å². The summed E-state index contributed by atoms with van der Waals surface area (Å²) in [4.78, 5) is 7.65. The Bertz CT molecular complexity index is 571. The molecule has 0 aliphatic heterocycles. The van der Waals surface area contributed by atoms with Crippen LogP contribution in [0.3, 0.4) is 0 Å². The maximum absolute atomic E-state index is 12.0. The molecule has 1 unspecified atom stereocenters. The number of nitrogens with zero attached hydrogens (tertiary/aromatic N) is 1. The number of hydrogen-bond donors (Lipinski definition) is 2. The lowest BCUT2D eigenvalue weighted by molar-refractivity contribution is 0.612. The normalized spacial score (nSPS) is 15.8. The van der Waals surface area contributed by atoms with Gasteiger partial charge in [0, 0.05) is 6.20 Å². The van der Waals surface area contributed by atoms with Crippen molar-refractivity contribution in [2.75, 3.05) is 0 Å². The first-order valence-corrected chi connectivity index (χ1v) is 7.15. The number of hydrogen-bond acceptors (Lipinski definition) is 2. The molecular formula is C13H19N3OS. The van der Waals surface area contributed by atoms with Crippen molar-refractivity contribution in [3.63, 3.8) is 0 Å². The van der Waals surface area contributed by atoms with Crippen molar-refractivity contribution >= 4 is 22.0 Å². The van der Waals surface area contributed by atoms with Crippen LogP contribution in [0.1, 0.15) is 39.4 Å². The van der Waals surface area contributed by atoms with E-state index in [-0.39, 0.29) is 10.8 Å². The fourth-order valence-corrected chi connectivity index (χ4v) is 2.38. The summed E-state index contributed by atoms with van der Waals surface area (Å²) >= 11 is 0.